The minimum absolute atomic E-state index is 0.312. The number of carbonyl (C=O) groups is 1. The number of nitrogens with zero attached hydrogens (tertiary/aromatic N) is 4. The number of hydrogen-bond acceptors (Lipinski definition) is 5. The molecule has 8 nitrogen and oxygen atoms in total. The smallest absolute Gasteiger partial charge is 0.319 e. The van der Waals surface area contributed by atoms with Gasteiger partial charge in [-0.25, -0.2) is 14.5 Å². The maximum atomic E-state index is 12.2. The Kier molecular flexibility index (Phi) is 5.95. The van der Waals surface area contributed by atoms with E-state index in [0.717, 1.165) is 17.1 Å². The maximum absolute atomic E-state index is 12.2. The number of amides is 2. The van der Waals surface area contributed by atoms with Gasteiger partial charge in [0.1, 0.15) is 12.4 Å². The van der Waals surface area contributed by atoms with Gasteiger partial charge in [-0.3, -0.25) is 4.98 Å². The first kappa shape index (κ1) is 19.1. The molecule has 3 heterocycles. The van der Waals surface area contributed by atoms with Crippen molar-refractivity contribution in [1.29, 1.82) is 0 Å². The minimum Gasteiger partial charge on any atom is -0.487 e. The zero-order valence-corrected chi connectivity index (χ0v) is 16.1. The molecule has 0 saturated carbocycles. The van der Waals surface area contributed by atoms with Gasteiger partial charge < -0.3 is 15.4 Å². The normalized spacial score (nSPS) is 10.4. The average molecular weight is 400 g/mol. The monoisotopic (exact) mass is 400 g/mol. The summed E-state index contributed by atoms with van der Waals surface area (Å²) in [4.78, 5) is 20.8. The van der Waals surface area contributed by atoms with Crippen molar-refractivity contribution < 1.29 is 9.53 Å². The van der Waals surface area contributed by atoms with Gasteiger partial charge in [0, 0.05) is 43.1 Å². The summed E-state index contributed by atoms with van der Waals surface area (Å²) in [6.07, 6.45) is 6.95. The highest BCUT2D eigenvalue weighted by Gasteiger charge is 2.05. The first-order chi connectivity index (χ1) is 14.8. The number of rotatable bonds is 7. The van der Waals surface area contributed by atoms with Crippen LogP contribution in [0.15, 0.2) is 85.5 Å². The van der Waals surface area contributed by atoms with Gasteiger partial charge in [-0.2, -0.15) is 5.10 Å². The third-order valence-electron chi connectivity index (χ3n) is 4.21. The Morgan fingerprint density at radius 3 is 2.73 bits per heavy atom. The molecule has 0 spiro atoms. The largest absolute Gasteiger partial charge is 0.487 e. The van der Waals surface area contributed by atoms with E-state index in [9.17, 15) is 4.79 Å². The van der Waals surface area contributed by atoms with Crippen LogP contribution in [-0.4, -0.2) is 25.8 Å². The molecule has 0 saturated heterocycles. The van der Waals surface area contributed by atoms with Crippen molar-refractivity contribution in [3.63, 3.8) is 0 Å². The Bertz CT molecular complexity index is 1080. The second-order valence-corrected chi connectivity index (χ2v) is 6.42. The van der Waals surface area contributed by atoms with Crippen LogP contribution in [0.1, 0.15) is 11.3 Å². The summed E-state index contributed by atoms with van der Waals surface area (Å²) in [5.41, 5.74) is 2.35. The molecule has 0 aliphatic rings. The molecule has 0 fully saturated rings. The van der Waals surface area contributed by atoms with Crippen molar-refractivity contribution in [2.24, 2.45) is 0 Å². The zero-order chi connectivity index (χ0) is 20.6. The lowest BCUT2D eigenvalue weighted by molar-refractivity contribution is 0.251. The van der Waals surface area contributed by atoms with E-state index in [2.05, 4.69) is 25.7 Å². The lowest BCUT2D eigenvalue weighted by atomic mass is 10.3. The number of ether oxygens (including phenoxy) is 1. The zero-order valence-electron chi connectivity index (χ0n) is 16.1. The van der Waals surface area contributed by atoms with Crippen LogP contribution < -0.4 is 15.4 Å². The van der Waals surface area contributed by atoms with E-state index in [4.69, 9.17) is 4.74 Å². The first-order valence-corrected chi connectivity index (χ1v) is 9.39. The van der Waals surface area contributed by atoms with Gasteiger partial charge in [0.25, 0.3) is 0 Å². The third-order valence-corrected chi connectivity index (χ3v) is 4.21. The van der Waals surface area contributed by atoms with E-state index in [0.29, 0.717) is 24.6 Å². The van der Waals surface area contributed by atoms with E-state index in [1.54, 1.807) is 35.4 Å². The number of anilines is 1. The van der Waals surface area contributed by atoms with Gasteiger partial charge >= 0.3 is 6.03 Å². The number of hydrogen-bond donors (Lipinski definition) is 2. The molecule has 0 atom stereocenters. The van der Waals surface area contributed by atoms with E-state index in [-0.39, 0.29) is 6.03 Å². The van der Waals surface area contributed by atoms with Crippen LogP contribution in [0.25, 0.3) is 5.82 Å². The Morgan fingerprint density at radius 2 is 1.97 bits per heavy atom. The molecular weight excluding hydrogens is 380 g/mol. The number of nitrogens with one attached hydrogen (secondary N) is 2. The molecule has 0 aliphatic heterocycles. The van der Waals surface area contributed by atoms with Crippen LogP contribution in [0, 0.1) is 0 Å². The van der Waals surface area contributed by atoms with Crippen LogP contribution in [0.2, 0.25) is 0 Å². The number of carbonyl (C=O) groups excluding carboxylic acids is 1. The van der Waals surface area contributed by atoms with Gasteiger partial charge in [0.05, 0.1) is 5.69 Å². The third kappa shape index (κ3) is 5.20. The lowest BCUT2D eigenvalue weighted by Gasteiger charge is -2.10. The van der Waals surface area contributed by atoms with E-state index in [1.165, 1.54) is 0 Å². The van der Waals surface area contributed by atoms with E-state index in [1.807, 2.05) is 54.7 Å². The molecule has 30 heavy (non-hydrogen) atoms. The summed E-state index contributed by atoms with van der Waals surface area (Å²) in [6.45, 7) is 0.714. The molecule has 3 aromatic heterocycles. The SMILES string of the molecule is O=C(NCc1ccc(-n2cccn2)nc1)Nc1cccc(OCc2ccccn2)c1. The quantitative estimate of drug-likeness (QED) is 0.495. The second kappa shape index (κ2) is 9.33. The summed E-state index contributed by atoms with van der Waals surface area (Å²) >= 11 is 0. The highest BCUT2D eigenvalue weighted by atomic mass is 16.5. The highest BCUT2D eigenvalue weighted by molar-refractivity contribution is 5.89. The Balaban J connectivity index is 1.27. The number of benzene rings is 1. The molecule has 150 valence electrons. The fraction of sp³-hybridized carbons (Fsp3) is 0.0909. The van der Waals surface area contributed by atoms with Crippen molar-refractivity contribution in [3.8, 4) is 11.6 Å². The van der Waals surface area contributed by atoms with Gasteiger partial charge in [-0.15, -0.1) is 0 Å². The average Bonchev–Trinajstić information content (AvgIpc) is 3.33. The standard InChI is InChI=1S/C22H20N6O2/c29-22(25-15-17-8-9-21(24-14-17)28-12-4-11-26-28)27-18-6-3-7-20(13-18)30-16-19-5-1-2-10-23-19/h1-14H,15-16H2,(H2,25,27,29). The molecule has 4 rings (SSSR count). The van der Waals surface area contributed by atoms with Crippen LogP contribution in [-0.2, 0) is 13.2 Å². The summed E-state index contributed by atoms with van der Waals surface area (Å²) in [6, 6.07) is 18.2. The van der Waals surface area contributed by atoms with E-state index < -0.39 is 0 Å². The molecule has 0 bridgehead atoms. The van der Waals surface area contributed by atoms with Gasteiger partial charge in [-0.05, 0) is 42.0 Å². The van der Waals surface area contributed by atoms with Gasteiger partial charge in [0.2, 0.25) is 0 Å². The summed E-state index contributed by atoms with van der Waals surface area (Å²) in [7, 11) is 0. The molecule has 8 heteroatoms. The minimum atomic E-state index is -0.312. The van der Waals surface area contributed by atoms with Crippen molar-refractivity contribution in [2.45, 2.75) is 13.2 Å². The van der Waals surface area contributed by atoms with E-state index >= 15 is 0 Å². The summed E-state index contributed by atoms with van der Waals surface area (Å²) < 4.78 is 7.41. The van der Waals surface area contributed by atoms with Gasteiger partial charge in [-0.1, -0.05) is 18.2 Å². The lowest BCUT2D eigenvalue weighted by Crippen LogP contribution is -2.28. The van der Waals surface area contributed by atoms with Crippen molar-refractivity contribution >= 4 is 11.7 Å². The fourth-order valence-corrected chi connectivity index (χ4v) is 2.72. The second-order valence-electron chi connectivity index (χ2n) is 6.42. The van der Waals surface area contributed by atoms with Crippen LogP contribution >= 0.6 is 0 Å². The maximum Gasteiger partial charge on any atom is 0.319 e. The number of urea groups is 1. The van der Waals surface area contributed by atoms with Crippen molar-refractivity contribution in [3.05, 3.63) is 96.7 Å². The highest BCUT2D eigenvalue weighted by Crippen LogP contribution is 2.18. The van der Waals surface area contributed by atoms with Crippen molar-refractivity contribution in [1.82, 2.24) is 25.1 Å². The number of aromatic nitrogens is 4. The fourth-order valence-electron chi connectivity index (χ4n) is 2.72. The summed E-state index contributed by atoms with van der Waals surface area (Å²) in [5.74, 6) is 1.37. The first-order valence-electron chi connectivity index (χ1n) is 9.39. The molecule has 2 amide bonds. The van der Waals surface area contributed by atoms with Gasteiger partial charge in [0.15, 0.2) is 5.82 Å². The predicted octanol–water partition coefficient (Wildman–Crippen LogP) is 3.56. The Hall–Kier alpha value is -4.20. The van der Waals surface area contributed by atoms with Crippen LogP contribution in [0.3, 0.4) is 0 Å². The Labute approximate surface area is 173 Å². The molecule has 0 unspecified atom stereocenters. The number of pyridine rings is 2. The van der Waals surface area contributed by atoms with Crippen LogP contribution in [0.5, 0.6) is 5.75 Å². The molecule has 2 N–H and O–H groups in total. The Morgan fingerprint density at radius 1 is 1.00 bits per heavy atom. The molecule has 1 aromatic carbocycles. The summed E-state index contributed by atoms with van der Waals surface area (Å²) in [5, 5.41) is 9.76. The van der Waals surface area contributed by atoms with Crippen molar-refractivity contribution in [2.75, 3.05) is 5.32 Å². The molecular formula is C22H20N6O2. The molecule has 0 aliphatic carbocycles. The predicted molar refractivity (Wildman–Crippen MR) is 112 cm³/mol. The topological polar surface area (TPSA) is 94.0 Å². The van der Waals surface area contributed by atoms with Crippen LogP contribution in [0.4, 0.5) is 10.5 Å². The molecule has 4 aromatic rings. The molecule has 0 radical (unpaired) electrons.